The van der Waals surface area contributed by atoms with Crippen LogP contribution in [-0.2, 0) is 20.4 Å². The van der Waals surface area contributed by atoms with Crippen molar-refractivity contribution in [1.82, 2.24) is 0 Å². The van der Waals surface area contributed by atoms with Gasteiger partial charge in [0.25, 0.3) is 0 Å². The average molecular weight is 473 g/mol. The van der Waals surface area contributed by atoms with Gasteiger partial charge in [0.1, 0.15) is 0 Å². The molecule has 3 nitrogen and oxygen atoms in total. The molecule has 0 N–H and O–H groups in total. The first-order valence-corrected chi connectivity index (χ1v) is 13.2. The van der Waals surface area contributed by atoms with Crippen molar-refractivity contribution in [3.63, 3.8) is 0 Å². The summed E-state index contributed by atoms with van der Waals surface area (Å²) in [5, 5.41) is 1.30. The Morgan fingerprint density at radius 3 is 2.51 bits per heavy atom. The van der Waals surface area contributed by atoms with E-state index < -0.39 is 0 Å². The Kier molecular flexibility index (Phi) is 7.38. The third-order valence-corrected chi connectivity index (χ3v) is 8.62. The van der Waals surface area contributed by atoms with Crippen LogP contribution in [0.3, 0.4) is 0 Å². The number of hydrogen-bond acceptors (Lipinski definition) is 2. The monoisotopic (exact) mass is 472 g/mol. The summed E-state index contributed by atoms with van der Waals surface area (Å²) in [6.07, 6.45) is 6.30. The minimum Gasteiger partial charge on any atom is -0.502 e. The van der Waals surface area contributed by atoms with Crippen molar-refractivity contribution in [2.45, 2.75) is 84.3 Å². The van der Waals surface area contributed by atoms with Gasteiger partial charge in [0.15, 0.2) is 5.54 Å². The molecular formula is C32H42NO2+. The maximum atomic E-state index is 6.20. The molecule has 3 unspecified atom stereocenters. The normalized spacial score (nSPS) is 22.5. The van der Waals surface area contributed by atoms with Crippen LogP contribution < -0.4 is 4.57 Å². The molecule has 1 aliphatic heterocycles. The lowest BCUT2D eigenvalue weighted by Crippen LogP contribution is -2.69. The number of allylic oxidation sites excluding steroid dienone is 1. The predicted octanol–water partition coefficient (Wildman–Crippen LogP) is 7.62. The number of fused-ring (bicyclic) bond motifs is 5. The van der Waals surface area contributed by atoms with E-state index >= 15 is 0 Å². The van der Waals surface area contributed by atoms with Crippen LogP contribution in [0.2, 0.25) is 0 Å². The number of aryl methyl sites for hydroxylation is 1. The molecule has 0 aliphatic carbocycles. The zero-order valence-corrected chi connectivity index (χ0v) is 22.7. The number of ether oxygens (including phenoxy) is 2. The Balaban J connectivity index is 1.84. The molecule has 4 rings (SSSR count). The fourth-order valence-corrected chi connectivity index (χ4v) is 6.54. The van der Waals surface area contributed by atoms with E-state index in [1.54, 1.807) is 7.11 Å². The molecule has 3 heteroatoms. The van der Waals surface area contributed by atoms with Crippen LogP contribution in [0.25, 0.3) is 22.2 Å². The van der Waals surface area contributed by atoms with Crippen molar-refractivity contribution in [3.05, 3.63) is 77.6 Å². The Bertz CT molecular complexity index is 1230. The lowest BCUT2D eigenvalue weighted by atomic mass is 9.58. The zero-order valence-electron chi connectivity index (χ0n) is 22.7. The summed E-state index contributed by atoms with van der Waals surface area (Å²) in [4.78, 5) is 0. The highest BCUT2D eigenvalue weighted by atomic mass is 16.5. The van der Waals surface area contributed by atoms with Crippen molar-refractivity contribution in [2.75, 3.05) is 13.7 Å². The molecule has 0 saturated carbocycles. The third kappa shape index (κ3) is 4.18. The molecule has 186 valence electrons. The Morgan fingerprint density at radius 1 is 1.03 bits per heavy atom. The van der Waals surface area contributed by atoms with Crippen molar-refractivity contribution in [2.24, 2.45) is 0 Å². The third-order valence-electron chi connectivity index (χ3n) is 8.62. The second-order valence-electron chi connectivity index (χ2n) is 10.3. The molecule has 0 amide bonds. The highest BCUT2D eigenvalue weighted by Crippen LogP contribution is 2.53. The summed E-state index contributed by atoms with van der Waals surface area (Å²) in [7, 11) is 1.71. The molecule has 1 aromatic heterocycles. The molecule has 1 aliphatic rings. The minimum absolute atomic E-state index is 0.00303. The molecule has 2 aromatic carbocycles. The zero-order chi connectivity index (χ0) is 25.2. The lowest BCUT2D eigenvalue weighted by Gasteiger charge is -2.49. The van der Waals surface area contributed by atoms with Crippen molar-refractivity contribution >= 4 is 10.9 Å². The van der Waals surface area contributed by atoms with Crippen LogP contribution >= 0.6 is 0 Å². The molecule has 35 heavy (non-hydrogen) atoms. The summed E-state index contributed by atoms with van der Waals surface area (Å²) in [6, 6.07) is 20.4. The summed E-state index contributed by atoms with van der Waals surface area (Å²) in [5.74, 6) is 0.899. The number of para-hydroxylation sites is 1. The number of rotatable bonds is 9. The highest BCUT2D eigenvalue weighted by molar-refractivity contribution is 5.79. The van der Waals surface area contributed by atoms with E-state index in [1.165, 1.54) is 33.3 Å². The van der Waals surface area contributed by atoms with Gasteiger partial charge in [-0.3, -0.25) is 0 Å². The van der Waals surface area contributed by atoms with Crippen LogP contribution in [0.15, 0.2) is 66.4 Å². The smallest absolute Gasteiger partial charge is 0.214 e. The van der Waals surface area contributed by atoms with Crippen molar-refractivity contribution in [1.29, 1.82) is 0 Å². The second kappa shape index (κ2) is 10.1. The molecule has 3 atom stereocenters. The van der Waals surface area contributed by atoms with Gasteiger partial charge < -0.3 is 9.47 Å². The second-order valence-corrected chi connectivity index (χ2v) is 10.3. The maximum absolute atomic E-state index is 6.20. The summed E-state index contributed by atoms with van der Waals surface area (Å²) < 4.78 is 14.2. The summed E-state index contributed by atoms with van der Waals surface area (Å²) in [5.41, 5.74) is 6.88. The van der Waals surface area contributed by atoms with Gasteiger partial charge in [-0.15, -0.1) is 0 Å². The van der Waals surface area contributed by atoms with Crippen molar-refractivity contribution in [3.8, 4) is 11.3 Å². The molecule has 0 fully saturated rings. The quantitative estimate of drug-likeness (QED) is 0.181. The first kappa shape index (κ1) is 25.4. The largest absolute Gasteiger partial charge is 0.502 e. The summed E-state index contributed by atoms with van der Waals surface area (Å²) >= 11 is 0. The fraction of sp³-hybridized carbons (Fsp3) is 0.469. The van der Waals surface area contributed by atoms with E-state index in [4.69, 9.17) is 9.47 Å². The maximum Gasteiger partial charge on any atom is 0.214 e. The number of aromatic nitrogens is 1. The van der Waals surface area contributed by atoms with E-state index in [2.05, 4.69) is 93.8 Å². The van der Waals surface area contributed by atoms with E-state index in [1.807, 2.05) is 13.0 Å². The molecule has 0 spiro atoms. The standard InChI is InChI=1S/C32H42NO2/c1-8-31(6)27-16-12-14-23(3)30(27)29-19-18-26-15-10-11-17-28(26)33(29)32(31,9-2)20-13-21-35-25(5)22-24(4)34-7/h10-12,14-19,22,25H,8-9,13,20-21H2,1-7H3/q+1. The fourth-order valence-electron chi connectivity index (χ4n) is 6.54. The first-order valence-electron chi connectivity index (χ1n) is 13.2. The van der Waals surface area contributed by atoms with Crippen molar-refractivity contribution < 1.29 is 14.0 Å². The van der Waals surface area contributed by atoms with E-state index in [9.17, 15) is 0 Å². The Labute approximate surface area is 211 Å². The minimum atomic E-state index is -0.0520. The number of methoxy groups -OCH3 is 1. The Morgan fingerprint density at radius 2 is 1.80 bits per heavy atom. The molecular weight excluding hydrogens is 430 g/mol. The van der Waals surface area contributed by atoms with Gasteiger partial charge in [0.05, 0.1) is 30.0 Å². The number of benzene rings is 2. The van der Waals surface area contributed by atoms with E-state index in [-0.39, 0.29) is 17.1 Å². The van der Waals surface area contributed by atoms with E-state index in [0.717, 1.165) is 38.0 Å². The van der Waals surface area contributed by atoms with Gasteiger partial charge in [-0.25, -0.2) is 0 Å². The molecule has 0 radical (unpaired) electrons. The van der Waals surface area contributed by atoms with Crippen LogP contribution in [0.1, 0.15) is 71.4 Å². The SMILES string of the molecule is CCC1(C)c2cccc(C)c2-c2ccc3ccccc3[n+]2C1(CC)CCCOC(C)C=C(C)OC. The topological polar surface area (TPSA) is 22.3 Å². The molecule has 0 bridgehead atoms. The van der Waals surface area contributed by atoms with Crippen LogP contribution in [0, 0.1) is 6.92 Å². The molecule has 0 saturated heterocycles. The summed E-state index contributed by atoms with van der Waals surface area (Å²) in [6.45, 7) is 14.3. The number of hydrogen-bond donors (Lipinski definition) is 0. The lowest BCUT2D eigenvalue weighted by molar-refractivity contribution is -0.748. The number of pyridine rings is 1. The number of nitrogens with zero attached hydrogens (tertiary/aromatic N) is 1. The van der Waals surface area contributed by atoms with Crippen LogP contribution in [0.4, 0.5) is 0 Å². The average Bonchev–Trinajstić information content (AvgIpc) is 2.87. The predicted molar refractivity (Wildman–Crippen MR) is 146 cm³/mol. The van der Waals surface area contributed by atoms with Gasteiger partial charge in [-0.2, -0.15) is 4.57 Å². The van der Waals surface area contributed by atoms with Gasteiger partial charge in [0, 0.05) is 37.0 Å². The Hall–Kier alpha value is -2.65. The first-order chi connectivity index (χ1) is 16.8. The van der Waals surface area contributed by atoms with Gasteiger partial charge in [-0.05, 0) is 69.9 Å². The molecule has 2 heterocycles. The highest BCUT2D eigenvalue weighted by Gasteiger charge is 2.59. The van der Waals surface area contributed by atoms with Crippen LogP contribution in [-0.4, -0.2) is 19.8 Å². The van der Waals surface area contributed by atoms with Crippen LogP contribution in [0.5, 0.6) is 0 Å². The van der Waals surface area contributed by atoms with Gasteiger partial charge in [-0.1, -0.05) is 44.2 Å². The van der Waals surface area contributed by atoms with Gasteiger partial charge >= 0.3 is 0 Å². The van der Waals surface area contributed by atoms with E-state index in [0.29, 0.717) is 0 Å². The molecule has 3 aromatic rings. The van der Waals surface area contributed by atoms with Gasteiger partial charge in [0.2, 0.25) is 11.2 Å².